The zero-order valence-corrected chi connectivity index (χ0v) is 14.7. The Balaban J connectivity index is 1.60. The summed E-state index contributed by atoms with van der Waals surface area (Å²) in [4.78, 5) is 19.5. The van der Waals surface area contributed by atoms with Gasteiger partial charge in [0.1, 0.15) is 0 Å². The lowest BCUT2D eigenvalue weighted by Gasteiger charge is -2.32. The number of thiazole rings is 1. The molecule has 2 aromatic heterocycles. The van der Waals surface area contributed by atoms with E-state index in [4.69, 9.17) is 0 Å². The Hall–Kier alpha value is -2.06. The van der Waals surface area contributed by atoms with Crippen LogP contribution in [0.15, 0.2) is 18.3 Å². The van der Waals surface area contributed by atoms with Crippen molar-refractivity contribution in [2.24, 2.45) is 0 Å². The fourth-order valence-electron chi connectivity index (χ4n) is 2.75. The molecule has 1 atom stereocenters. The fraction of sp³-hybridized carbons (Fsp3) is 0.500. The van der Waals surface area contributed by atoms with Gasteiger partial charge in [0.15, 0.2) is 16.6 Å². The molecule has 0 aliphatic carbocycles. The summed E-state index contributed by atoms with van der Waals surface area (Å²) in [5.41, 5.74) is 0.182. The van der Waals surface area contributed by atoms with E-state index in [1.807, 2.05) is 6.20 Å². The van der Waals surface area contributed by atoms with Gasteiger partial charge in [0.05, 0.1) is 7.11 Å². The van der Waals surface area contributed by atoms with E-state index >= 15 is 0 Å². The van der Waals surface area contributed by atoms with E-state index in [0.29, 0.717) is 11.9 Å². The van der Waals surface area contributed by atoms with Gasteiger partial charge in [-0.3, -0.25) is 4.90 Å². The van der Waals surface area contributed by atoms with Gasteiger partial charge >= 0.3 is 5.97 Å². The highest BCUT2D eigenvalue weighted by Gasteiger charge is 2.19. The summed E-state index contributed by atoms with van der Waals surface area (Å²) < 4.78 is 4.60. The molecule has 1 N–H and O–H groups in total. The van der Waals surface area contributed by atoms with Crippen LogP contribution in [0.4, 0.5) is 10.9 Å². The second-order valence-corrected chi connectivity index (χ2v) is 6.98. The molecule has 1 saturated heterocycles. The van der Waals surface area contributed by atoms with Crippen molar-refractivity contribution in [1.82, 2.24) is 20.1 Å². The highest BCUT2D eigenvalue weighted by atomic mass is 32.1. The highest BCUT2D eigenvalue weighted by molar-refractivity contribution is 7.15. The quantitative estimate of drug-likeness (QED) is 0.833. The zero-order chi connectivity index (χ0) is 16.9. The number of hydrogen-bond donors (Lipinski definition) is 1. The predicted octanol–water partition coefficient (Wildman–Crippen LogP) is 2.84. The number of rotatable bonds is 5. The zero-order valence-electron chi connectivity index (χ0n) is 13.9. The molecule has 0 bridgehead atoms. The minimum Gasteiger partial charge on any atom is -0.464 e. The third-order valence-corrected chi connectivity index (χ3v) is 5.04. The SMILES string of the molecule is COC(=O)c1ccc(Nc2ncc(CN3CCCCC3C)s2)nn1. The lowest BCUT2D eigenvalue weighted by Crippen LogP contribution is -2.36. The van der Waals surface area contributed by atoms with Crippen molar-refractivity contribution in [3.8, 4) is 0 Å². The molecule has 0 aromatic carbocycles. The normalized spacial score (nSPS) is 18.3. The summed E-state index contributed by atoms with van der Waals surface area (Å²) >= 11 is 1.62. The molecule has 7 nitrogen and oxygen atoms in total. The first kappa shape index (κ1) is 16.8. The minimum absolute atomic E-state index is 0.182. The van der Waals surface area contributed by atoms with Crippen LogP contribution in [0.3, 0.4) is 0 Å². The topological polar surface area (TPSA) is 80.2 Å². The van der Waals surface area contributed by atoms with Crippen molar-refractivity contribution in [2.75, 3.05) is 19.0 Å². The van der Waals surface area contributed by atoms with E-state index in [1.54, 1.807) is 23.5 Å². The number of carbonyl (C=O) groups excluding carboxylic acids is 1. The third kappa shape index (κ3) is 4.07. The van der Waals surface area contributed by atoms with Crippen LogP contribution >= 0.6 is 11.3 Å². The standard InChI is InChI=1S/C16H21N5O2S/c1-11-5-3-4-8-21(11)10-12-9-17-16(24-12)18-14-7-6-13(19-20-14)15(22)23-2/h6-7,9,11H,3-5,8,10H2,1-2H3,(H,17,18,20). The van der Waals surface area contributed by atoms with Gasteiger partial charge in [-0.15, -0.1) is 21.5 Å². The minimum atomic E-state index is -0.499. The summed E-state index contributed by atoms with van der Waals surface area (Å²) in [6.45, 7) is 4.38. The lowest BCUT2D eigenvalue weighted by molar-refractivity contribution is 0.0593. The van der Waals surface area contributed by atoms with Gasteiger partial charge in [0.25, 0.3) is 0 Å². The number of carbonyl (C=O) groups is 1. The van der Waals surface area contributed by atoms with Gasteiger partial charge in [-0.05, 0) is 38.4 Å². The number of ether oxygens (including phenoxy) is 1. The number of anilines is 2. The maximum Gasteiger partial charge on any atom is 0.358 e. The van der Waals surface area contributed by atoms with Gasteiger partial charge in [-0.2, -0.15) is 0 Å². The van der Waals surface area contributed by atoms with Crippen molar-refractivity contribution in [1.29, 1.82) is 0 Å². The summed E-state index contributed by atoms with van der Waals surface area (Å²) in [7, 11) is 1.32. The molecule has 1 aliphatic rings. The third-order valence-electron chi connectivity index (χ3n) is 4.15. The van der Waals surface area contributed by atoms with E-state index in [0.717, 1.165) is 18.2 Å². The molecular formula is C16H21N5O2S. The molecule has 8 heteroatoms. The van der Waals surface area contributed by atoms with Gasteiger partial charge < -0.3 is 10.1 Å². The molecule has 2 aromatic rings. The first-order chi connectivity index (χ1) is 11.7. The fourth-order valence-corrected chi connectivity index (χ4v) is 3.60. The number of methoxy groups -OCH3 is 1. The van der Waals surface area contributed by atoms with Crippen molar-refractivity contribution < 1.29 is 9.53 Å². The number of nitrogens with one attached hydrogen (secondary N) is 1. The number of likely N-dealkylation sites (tertiary alicyclic amines) is 1. The summed E-state index contributed by atoms with van der Waals surface area (Å²) in [5, 5.41) is 11.7. The molecule has 0 saturated carbocycles. The van der Waals surface area contributed by atoms with Crippen LogP contribution in [0.2, 0.25) is 0 Å². The first-order valence-corrected chi connectivity index (χ1v) is 8.85. The van der Waals surface area contributed by atoms with Crippen molar-refractivity contribution in [3.05, 3.63) is 28.9 Å². The molecule has 128 valence electrons. The van der Waals surface area contributed by atoms with Gasteiger partial charge in [0.2, 0.25) is 0 Å². The number of esters is 1. The average Bonchev–Trinajstić information content (AvgIpc) is 3.04. The Labute approximate surface area is 145 Å². The average molecular weight is 347 g/mol. The van der Waals surface area contributed by atoms with Crippen LogP contribution in [0.25, 0.3) is 0 Å². The number of piperidine rings is 1. The van der Waals surface area contributed by atoms with Crippen LogP contribution in [-0.2, 0) is 11.3 Å². The van der Waals surface area contributed by atoms with E-state index < -0.39 is 5.97 Å². The molecule has 0 spiro atoms. The molecule has 1 unspecified atom stereocenters. The lowest BCUT2D eigenvalue weighted by atomic mass is 10.0. The van der Waals surface area contributed by atoms with Crippen LogP contribution < -0.4 is 5.32 Å². The predicted molar refractivity (Wildman–Crippen MR) is 92.5 cm³/mol. The Morgan fingerprint density at radius 2 is 2.29 bits per heavy atom. The maximum absolute atomic E-state index is 11.3. The smallest absolute Gasteiger partial charge is 0.358 e. The molecule has 0 radical (unpaired) electrons. The van der Waals surface area contributed by atoms with E-state index in [2.05, 4.69) is 37.1 Å². The van der Waals surface area contributed by atoms with Crippen LogP contribution in [-0.4, -0.2) is 45.7 Å². The molecule has 24 heavy (non-hydrogen) atoms. The first-order valence-electron chi connectivity index (χ1n) is 8.03. The summed E-state index contributed by atoms with van der Waals surface area (Å²) in [6.07, 6.45) is 5.78. The Morgan fingerprint density at radius 3 is 3.00 bits per heavy atom. The van der Waals surface area contributed by atoms with Crippen molar-refractivity contribution >= 4 is 28.3 Å². The largest absolute Gasteiger partial charge is 0.464 e. The van der Waals surface area contributed by atoms with Crippen LogP contribution in [0.5, 0.6) is 0 Å². The summed E-state index contributed by atoms with van der Waals surface area (Å²) in [6, 6.07) is 3.90. The van der Waals surface area contributed by atoms with Crippen LogP contribution in [0.1, 0.15) is 41.6 Å². The van der Waals surface area contributed by atoms with Gasteiger partial charge in [-0.1, -0.05) is 6.42 Å². The maximum atomic E-state index is 11.3. The van der Waals surface area contributed by atoms with Gasteiger partial charge in [-0.25, -0.2) is 9.78 Å². The van der Waals surface area contributed by atoms with Crippen LogP contribution in [0, 0.1) is 0 Å². The van der Waals surface area contributed by atoms with Gasteiger partial charge in [0, 0.05) is 23.7 Å². The molecule has 1 aliphatic heterocycles. The van der Waals surface area contributed by atoms with E-state index in [-0.39, 0.29) is 5.69 Å². The number of aromatic nitrogens is 3. The number of hydrogen-bond acceptors (Lipinski definition) is 8. The molecule has 3 rings (SSSR count). The Morgan fingerprint density at radius 1 is 1.42 bits per heavy atom. The van der Waals surface area contributed by atoms with E-state index in [1.165, 1.54) is 31.2 Å². The second-order valence-electron chi connectivity index (χ2n) is 5.87. The highest BCUT2D eigenvalue weighted by Crippen LogP contribution is 2.25. The molecule has 1 fully saturated rings. The Bertz CT molecular complexity index is 688. The number of nitrogens with zero attached hydrogens (tertiary/aromatic N) is 4. The van der Waals surface area contributed by atoms with Crippen molar-refractivity contribution in [3.63, 3.8) is 0 Å². The molecule has 3 heterocycles. The Kier molecular flexibility index (Phi) is 5.37. The van der Waals surface area contributed by atoms with E-state index in [9.17, 15) is 4.79 Å². The summed E-state index contributed by atoms with van der Waals surface area (Å²) in [5.74, 6) is 0.0520. The molecule has 0 amide bonds. The monoisotopic (exact) mass is 347 g/mol. The van der Waals surface area contributed by atoms with Crippen molar-refractivity contribution in [2.45, 2.75) is 38.8 Å². The molecular weight excluding hydrogens is 326 g/mol. The second kappa shape index (κ2) is 7.67.